The zero-order chi connectivity index (χ0) is 11.4. The van der Waals surface area contributed by atoms with E-state index in [-0.39, 0.29) is 6.04 Å². The van der Waals surface area contributed by atoms with Crippen molar-refractivity contribution < 1.29 is 0 Å². The van der Waals surface area contributed by atoms with Crippen LogP contribution in [0.25, 0.3) is 0 Å². The van der Waals surface area contributed by atoms with E-state index in [1.54, 1.807) is 0 Å². The van der Waals surface area contributed by atoms with Gasteiger partial charge in [0.05, 0.1) is 0 Å². The van der Waals surface area contributed by atoms with Crippen LogP contribution in [0.3, 0.4) is 0 Å². The van der Waals surface area contributed by atoms with Crippen LogP contribution in [0.1, 0.15) is 37.9 Å². The minimum Gasteiger partial charge on any atom is -0.357 e. The van der Waals surface area contributed by atoms with Crippen molar-refractivity contribution >= 4 is 5.82 Å². The van der Waals surface area contributed by atoms with Crippen LogP contribution in [0.5, 0.6) is 0 Å². The first-order valence-electron chi connectivity index (χ1n) is 5.57. The molecular formula is C12H21N3. The van der Waals surface area contributed by atoms with Crippen molar-refractivity contribution in [2.75, 3.05) is 18.0 Å². The SMILES string of the molecule is CCN(CC)c1cc(C)c([C@H](C)N)cn1. The zero-order valence-electron chi connectivity index (χ0n) is 10.1. The molecule has 1 aromatic heterocycles. The quantitative estimate of drug-likeness (QED) is 0.823. The van der Waals surface area contributed by atoms with E-state index in [1.165, 1.54) is 5.56 Å². The van der Waals surface area contributed by atoms with Gasteiger partial charge in [-0.25, -0.2) is 4.98 Å². The molecule has 1 rings (SSSR count). The maximum absolute atomic E-state index is 5.85. The molecule has 84 valence electrons. The molecular weight excluding hydrogens is 186 g/mol. The second kappa shape index (κ2) is 5.12. The predicted molar refractivity (Wildman–Crippen MR) is 65.1 cm³/mol. The van der Waals surface area contributed by atoms with Crippen LogP contribution in [0.2, 0.25) is 0 Å². The number of rotatable bonds is 4. The zero-order valence-corrected chi connectivity index (χ0v) is 10.1. The predicted octanol–water partition coefficient (Wildman–Crippen LogP) is 2.26. The number of aryl methyl sites for hydroxylation is 1. The number of hydrogen-bond donors (Lipinski definition) is 1. The lowest BCUT2D eigenvalue weighted by molar-refractivity contribution is 0.793. The van der Waals surface area contributed by atoms with Crippen LogP contribution in [0, 0.1) is 6.92 Å². The molecule has 0 bridgehead atoms. The minimum atomic E-state index is 0.0586. The summed E-state index contributed by atoms with van der Waals surface area (Å²) in [7, 11) is 0. The average molecular weight is 207 g/mol. The van der Waals surface area contributed by atoms with Crippen LogP contribution in [0.4, 0.5) is 5.82 Å². The molecule has 0 saturated carbocycles. The molecule has 0 amide bonds. The van der Waals surface area contributed by atoms with Gasteiger partial charge in [-0.2, -0.15) is 0 Å². The van der Waals surface area contributed by atoms with E-state index in [0.717, 1.165) is 24.5 Å². The number of anilines is 1. The van der Waals surface area contributed by atoms with Crippen LogP contribution in [0.15, 0.2) is 12.3 Å². The molecule has 0 spiro atoms. The molecule has 1 atom stereocenters. The highest BCUT2D eigenvalue weighted by molar-refractivity contribution is 5.43. The van der Waals surface area contributed by atoms with Gasteiger partial charge in [-0.15, -0.1) is 0 Å². The average Bonchev–Trinajstić information content (AvgIpc) is 2.19. The Kier molecular flexibility index (Phi) is 4.09. The lowest BCUT2D eigenvalue weighted by atomic mass is 10.1. The Hall–Kier alpha value is -1.09. The van der Waals surface area contributed by atoms with Crippen molar-refractivity contribution in [2.24, 2.45) is 5.73 Å². The molecule has 1 aromatic rings. The molecule has 0 fully saturated rings. The van der Waals surface area contributed by atoms with Crippen LogP contribution in [-0.4, -0.2) is 18.1 Å². The number of nitrogens with zero attached hydrogens (tertiary/aromatic N) is 2. The second-order valence-electron chi connectivity index (χ2n) is 3.86. The topological polar surface area (TPSA) is 42.1 Å². The van der Waals surface area contributed by atoms with Gasteiger partial charge < -0.3 is 10.6 Å². The Bertz CT molecular complexity index is 317. The normalized spacial score (nSPS) is 12.6. The summed E-state index contributed by atoms with van der Waals surface area (Å²) >= 11 is 0. The van der Waals surface area contributed by atoms with Gasteiger partial charge in [-0.05, 0) is 44.9 Å². The number of aromatic nitrogens is 1. The molecule has 0 aromatic carbocycles. The maximum Gasteiger partial charge on any atom is 0.128 e. The van der Waals surface area contributed by atoms with E-state index >= 15 is 0 Å². The fourth-order valence-corrected chi connectivity index (χ4v) is 1.75. The third kappa shape index (κ3) is 2.69. The molecule has 0 unspecified atom stereocenters. The van der Waals surface area contributed by atoms with E-state index in [4.69, 9.17) is 5.73 Å². The van der Waals surface area contributed by atoms with Gasteiger partial charge in [0.2, 0.25) is 0 Å². The Morgan fingerprint density at radius 2 is 2.00 bits per heavy atom. The van der Waals surface area contributed by atoms with Crippen molar-refractivity contribution in [3.63, 3.8) is 0 Å². The van der Waals surface area contributed by atoms with E-state index in [2.05, 4.69) is 36.7 Å². The Morgan fingerprint density at radius 3 is 2.40 bits per heavy atom. The highest BCUT2D eigenvalue weighted by atomic mass is 15.2. The van der Waals surface area contributed by atoms with E-state index < -0.39 is 0 Å². The summed E-state index contributed by atoms with van der Waals surface area (Å²) in [6.45, 7) is 10.3. The van der Waals surface area contributed by atoms with Crippen LogP contribution >= 0.6 is 0 Å². The van der Waals surface area contributed by atoms with Gasteiger partial charge in [-0.1, -0.05) is 0 Å². The van der Waals surface area contributed by atoms with Crippen molar-refractivity contribution in [1.82, 2.24) is 4.98 Å². The second-order valence-corrected chi connectivity index (χ2v) is 3.86. The Balaban J connectivity index is 3.00. The fraction of sp³-hybridized carbons (Fsp3) is 0.583. The van der Waals surface area contributed by atoms with Gasteiger partial charge in [0.15, 0.2) is 0 Å². The third-order valence-electron chi connectivity index (χ3n) is 2.71. The minimum absolute atomic E-state index is 0.0586. The van der Waals surface area contributed by atoms with Crippen molar-refractivity contribution in [2.45, 2.75) is 33.7 Å². The smallest absolute Gasteiger partial charge is 0.128 e. The van der Waals surface area contributed by atoms with Gasteiger partial charge in [0.25, 0.3) is 0 Å². The number of pyridine rings is 1. The molecule has 0 aliphatic rings. The molecule has 0 aliphatic heterocycles. The monoisotopic (exact) mass is 207 g/mol. The lowest BCUT2D eigenvalue weighted by Gasteiger charge is -2.21. The third-order valence-corrected chi connectivity index (χ3v) is 2.71. The molecule has 0 aliphatic carbocycles. The summed E-state index contributed by atoms with van der Waals surface area (Å²) in [6.07, 6.45) is 1.90. The molecule has 15 heavy (non-hydrogen) atoms. The first-order valence-corrected chi connectivity index (χ1v) is 5.57. The maximum atomic E-state index is 5.85. The summed E-state index contributed by atoms with van der Waals surface area (Å²) in [6, 6.07) is 2.18. The van der Waals surface area contributed by atoms with Gasteiger partial charge in [-0.3, -0.25) is 0 Å². The van der Waals surface area contributed by atoms with E-state index in [0.29, 0.717) is 0 Å². The standard InChI is InChI=1S/C12H21N3/c1-5-15(6-2)12-7-9(3)11(8-14-12)10(4)13/h7-8,10H,5-6,13H2,1-4H3/t10-/m0/s1. The molecule has 3 nitrogen and oxygen atoms in total. The molecule has 3 heteroatoms. The summed E-state index contributed by atoms with van der Waals surface area (Å²) < 4.78 is 0. The van der Waals surface area contributed by atoms with Crippen molar-refractivity contribution in [3.8, 4) is 0 Å². The van der Waals surface area contributed by atoms with Crippen molar-refractivity contribution in [3.05, 3.63) is 23.4 Å². The summed E-state index contributed by atoms with van der Waals surface area (Å²) in [5.74, 6) is 1.04. The Morgan fingerprint density at radius 1 is 1.40 bits per heavy atom. The van der Waals surface area contributed by atoms with Crippen LogP contribution < -0.4 is 10.6 Å². The first kappa shape index (κ1) is 12.0. The first-order chi connectivity index (χ1) is 7.10. The summed E-state index contributed by atoms with van der Waals surface area (Å²) in [4.78, 5) is 6.68. The van der Waals surface area contributed by atoms with Gasteiger partial charge in [0.1, 0.15) is 5.82 Å². The molecule has 1 heterocycles. The fourth-order valence-electron chi connectivity index (χ4n) is 1.75. The summed E-state index contributed by atoms with van der Waals surface area (Å²) in [5, 5.41) is 0. The lowest BCUT2D eigenvalue weighted by Crippen LogP contribution is -2.23. The van der Waals surface area contributed by atoms with Crippen LogP contribution in [-0.2, 0) is 0 Å². The van der Waals surface area contributed by atoms with Gasteiger partial charge in [0, 0.05) is 25.3 Å². The molecule has 0 radical (unpaired) electrons. The molecule has 2 N–H and O–H groups in total. The largest absolute Gasteiger partial charge is 0.357 e. The highest BCUT2D eigenvalue weighted by Gasteiger charge is 2.08. The van der Waals surface area contributed by atoms with Gasteiger partial charge >= 0.3 is 0 Å². The summed E-state index contributed by atoms with van der Waals surface area (Å²) in [5.41, 5.74) is 8.21. The number of hydrogen-bond acceptors (Lipinski definition) is 3. The molecule has 0 saturated heterocycles. The Labute approximate surface area is 92.3 Å². The van der Waals surface area contributed by atoms with E-state index in [9.17, 15) is 0 Å². The highest BCUT2D eigenvalue weighted by Crippen LogP contribution is 2.19. The number of nitrogens with two attached hydrogens (primary N) is 1. The van der Waals surface area contributed by atoms with E-state index in [1.807, 2.05) is 13.1 Å². The van der Waals surface area contributed by atoms with Crippen molar-refractivity contribution in [1.29, 1.82) is 0 Å².